The predicted molar refractivity (Wildman–Crippen MR) is 40.3 cm³/mol. The molecule has 0 saturated carbocycles. The highest BCUT2D eigenvalue weighted by atomic mass is 32.1. The molecule has 0 fully saturated rings. The van der Waals surface area contributed by atoms with E-state index >= 15 is 0 Å². The second-order valence-electron chi connectivity index (χ2n) is 2.01. The van der Waals surface area contributed by atoms with Crippen LogP contribution >= 0.6 is 11.3 Å². The first-order chi connectivity index (χ1) is 4.25. The van der Waals surface area contributed by atoms with Gasteiger partial charge < -0.3 is 4.74 Å². The summed E-state index contributed by atoms with van der Waals surface area (Å²) >= 11 is 1.73. The van der Waals surface area contributed by atoms with Crippen LogP contribution in [0.2, 0.25) is 0 Å². The van der Waals surface area contributed by atoms with Crippen LogP contribution in [0, 0.1) is 13.8 Å². The van der Waals surface area contributed by atoms with Crippen LogP contribution in [0.1, 0.15) is 10.4 Å². The van der Waals surface area contributed by atoms with E-state index < -0.39 is 0 Å². The van der Waals surface area contributed by atoms with E-state index in [1.165, 1.54) is 10.4 Å². The molecule has 0 N–H and O–H groups in total. The lowest BCUT2D eigenvalue weighted by Crippen LogP contribution is -1.82. The Hall–Kier alpha value is -0.500. The van der Waals surface area contributed by atoms with Gasteiger partial charge in [-0.3, -0.25) is 0 Å². The van der Waals surface area contributed by atoms with Gasteiger partial charge in [-0.2, -0.15) is 0 Å². The topological polar surface area (TPSA) is 9.23 Å². The average Bonchev–Trinajstić information content (AvgIpc) is 2.12. The summed E-state index contributed by atoms with van der Waals surface area (Å²) in [5, 5.41) is 2.11. The lowest BCUT2D eigenvalue weighted by molar-refractivity contribution is 0.411. The molecule has 0 bridgehead atoms. The van der Waals surface area contributed by atoms with Crippen LogP contribution in [-0.4, -0.2) is 7.11 Å². The Balaban J connectivity index is 3.07. The van der Waals surface area contributed by atoms with E-state index in [4.69, 9.17) is 4.74 Å². The largest absolute Gasteiger partial charge is 0.495 e. The Kier molecular flexibility index (Phi) is 1.76. The summed E-state index contributed by atoms with van der Waals surface area (Å²) in [4.78, 5) is 1.26. The maximum Gasteiger partial charge on any atom is 0.135 e. The molecule has 1 rings (SSSR count). The van der Waals surface area contributed by atoms with Gasteiger partial charge in [-0.25, -0.2) is 0 Å². The van der Waals surface area contributed by atoms with Crippen molar-refractivity contribution in [2.24, 2.45) is 0 Å². The monoisotopic (exact) mass is 142 g/mol. The SMILES string of the molecule is COc1c(C)csc1C. The number of hydrogen-bond donors (Lipinski definition) is 0. The molecule has 0 unspecified atom stereocenters. The summed E-state index contributed by atoms with van der Waals surface area (Å²) in [6.45, 7) is 4.12. The fraction of sp³-hybridized carbons (Fsp3) is 0.429. The van der Waals surface area contributed by atoms with E-state index in [0.717, 1.165) is 5.75 Å². The molecule has 50 valence electrons. The van der Waals surface area contributed by atoms with Gasteiger partial charge in [0.15, 0.2) is 0 Å². The van der Waals surface area contributed by atoms with Crippen LogP contribution < -0.4 is 4.74 Å². The lowest BCUT2D eigenvalue weighted by atomic mass is 10.3. The van der Waals surface area contributed by atoms with Crippen molar-refractivity contribution < 1.29 is 4.74 Å². The van der Waals surface area contributed by atoms with Crippen LogP contribution in [0.4, 0.5) is 0 Å². The van der Waals surface area contributed by atoms with Crippen LogP contribution in [0.25, 0.3) is 0 Å². The molecule has 0 saturated heterocycles. The molecule has 0 aliphatic heterocycles. The minimum Gasteiger partial charge on any atom is -0.495 e. The van der Waals surface area contributed by atoms with E-state index in [2.05, 4.69) is 19.2 Å². The van der Waals surface area contributed by atoms with Gasteiger partial charge in [0.25, 0.3) is 0 Å². The number of hydrogen-bond acceptors (Lipinski definition) is 2. The standard InChI is InChI=1S/C7H10OS/c1-5-4-9-6(2)7(5)8-3/h4H,1-3H3. The van der Waals surface area contributed by atoms with E-state index in [-0.39, 0.29) is 0 Å². The normalized spacial score (nSPS) is 9.67. The van der Waals surface area contributed by atoms with Crippen molar-refractivity contribution in [3.05, 3.63) is 15.8 Å². The molecule has 1 heterocycles. The summed E-state index contributed by atoms with van der Waals surface area (Å²) in [7, 11) is 1.71. The third kappa shape index (κ3) is 1.08. The van der Waals surface area contributed by atoms with Crippen LogP contribution in [0.5, 0.6) is 5.75 Å². The maximum absolute atomic E-state index is 5.13. The zero-order valence-electron chi connectivity index (χ0n) is 5.89. The molecule has 0 radical (unpaired) electrons. The van der Waals surface area contributed by atoms with Crippen LogP contribution in [0.15, 0.2) is 5.38 Å². The summed E-state index contributed by atoms with van der Waals surface area (Å²) in [6, 6.07) is 0. The van der Waals surface area contributed by atoms with Crippen molar-refractivity contribution >= 4 is 11.3 Å². The fourth-order valence-corrected chi connectivity index (χ4v) is 1.68. The molecule has 0 atom stereocenters. The smallest absolute Gasteiger partial charge is 0.135 e. The molecule has 9 heavy (non-hydrogen) atoms. The number of rotatable bonds is 1. The highest BCUT2D eigenvalue weighted by molar-refractivity contribution is 7.10. The predicted octanol–water partition coefficient (Wildman–Crippen LogP) is 2.37. The van der Waals surface area contributed by atoms with Crippen molar-refractivity contribution in [3.8, 4) is 5.75 Å². The average molecular weight is 142 g/mol. The molecule has 0 amide bonds. The first-order valence-electron chi connectivity index (χ1n) is 2.84. The molecule has 2 heteroatoms. The van der Waals surface area contributed by atoms with Crippen LogP contribution in [0.3, 0.4) is 0 Å². The first kappa shape index (κ1) is 6.62. The second-order valence-corrected chi connectivity index (χ2v) is 3.09. The molecular weight excluding hydrogens is 132 g/mol. The number of aryl methyl sites for hydroxylation is 2. The van der Waals surface area contributed by atoms with Crippen molar-refractivity contribution in [3.63, 3.8) is 0 Å². The van der Waals surface area contributed by atoms with Crippen molar-refractivity contribution in [1.82, 2.24) is 0 Å². The Labute approximate surface area is 59.3 Å². The van der Waals surface area contributed by atoms with Gasteiger partial charge in [0.1, 0.15) is 5.75 Å². The molecule has 1 nitrogen and oxygen atoms in total. The summed E-state index contributed by atoms with van der Waals surface area (Å²) in [5.41, 5.74) is 1.24. The summed E-state index contributed by atoms with van der Waals surface area (Å²) in [6.07, 6.45) is 0. The highest BCUT2D eigenvalue weighted by Crippen LogP contribution is 2.27. The van der Waals surface area contributed by atoms with Crippen LogP contribution in [-0.2, 0) is 0 Å². The Morgan fingerprint density at radius 1 is 1.44 bits per heavy atom. The van der Waals surface area contributed by atoms with Gasteiger partial charge in [0.05, 0.1) is 7.11 Å². The van der Waals surface area contributed by atoms with E-state index in [0.29, 0.717) is 0 Å². The minimum absolute atomic E-state index is 1.04. The van der Waals surface area contributed by atoms with E-state index in [1.807, 2.05) is 0 Å². The van der Waals surface area contributed by atoms with Crippen molar-refractivity contribution in [2.45, 2.75) is 13.8 Å². The Morgan fingerprint density at radius 2 is 2.11 bits per heavy atom. The second kappa shape index (κ2) is 2.40. The summed E-state index contributed by atoms with van der Waals surface area (Å²) < 4.78 is 5.13. The zero-order chi connectivity index (χ0) is 6.85. The fourth-order valence-electron chi connectivity index (χ4n) is 0.866. The molecule has 1 aromatic heterocycles. The zero-order valence-corrected chi connectivity index (χ0v) is 6.71. The molecule has 0 aliphatic rings. The third-order valence-corrected chi connectivity index (χ3v) is 2.30. The van der Waals surface area contributed by atoms with Crippen molar-refractivity contribution in [1.29, 1.82) is 0 Å². The lowest BCUT2D eigenvalue weighted by Gasteiger charge is -1.97. The maximum atomic E-state index is 5.13. The van der Waals surface area contributed by atoms with Gasteiger partial charge >= 0.3 is 0 Å². The van der Waals surface area contributed by atoms with Gasteiger partial charge in [-0.05, 0) is 19.2 Å². The van der Waals surface area contributed by atoms with Gasteiger partial charge in [-0.1, -0.05) is 0 Å². The molecule has 0 aromatic carbocycles. The van der Waals surface area contributed by atoms with Gasteiger partial charge in [0, 0.05) is 10.4 Å². The minimum atomic E-state index is 1.04. The highest BCUT2D eigenvalue weighted by Gasteiger charge is 2.02. The third-order valence-electron chi connectivity index (χ3n) is 1.29. The van der Waals surface area contributed by atoms with E-state index in [9.17, 15) is 0 Å². The quantitative estimate of drug-likeness (QED) is 0.585. The molecular formula is C7H10OS. The van der Waals surface area contributed by atoms with Gasteiger partial charge in [0.2, 0.25) is 0 Å². The Bertz CT molecular complexity index is 183. The summed E-state index contributed by atoms with van der Waals surface area (Å²) in [5.74, 6) is 1.04. The van der Waals surface area contributed by atoms with Gasteiger partial charge in [-0.15, -0.1) is 11.3 Å². The number of ether oxygens (including phenoxy) is 1. The van der Waals surface area contributed by atoms with E-state index in [1.54, 1.807) is 18.4 Å². The molecule has 0 spiro atoms. The first-order valence-corrected chi connectivity index (χ1v) is 3.72. The number of thiophene rings is 1. The molecule has 0 aliphatic carbocycles. The van der Waals surface area contributed by atoms with Crippen molar-refractivity contribution in [2.75, 3.05) is 7.11 Å². The molecule has 1 aromatic rings. The Morgan fingerprint density at radius 3 is 2.33 bits per heavy atom. The number of methoxy groups -OCH3 is 1.